The normalized spacial score (nSPS) is 12.5. The third-order valence-electron chi connectivity index (χ3n) is 1.88. The van der Waals surface area contributed by atoms with E-state index in [4.69, 9.17) is 0 Å². The summed E-state index contributed by atoms with van der Waals surface area (Å²) in [6, 6.07) is 7.83. The lowest BCUT2D eigenvalue weighted by Crippen LogP contribution is -2.08. The molecule has 1 aromatic carbocycles. The summed E-state index contributed by atoms with van der Waals surface area (Å²) in [7, 11) is 3.15. The average Bonchev–Trinajstić information content (AvgIpc) is 2.17. The largest absolute Gasteiger partial charge is 0.378 e. The highest BCUT2D eigenvalue weighted by molar-refractivity contribution is 7.85. The highest BCUT2D eigenvalue weighted by atomic mass is 32.2. The van der Waals surface area contributed by atoms with Crippen LogP contribution in [-0.2, 0) is 10.8 Å². The fourth-order valence-corrected chi connectivity index (χ4v) is 1.84. The molecule has 1 unspecified atom stereocenters. The van der Waals surface area contributed by atoms with Crippen molar-refractivity contribution in [2.45, 2.75) is 11.8 Å². The van der Waals surface area contributed by atoms with Crippen LogP contribution < -0.4 is 4.90 Å². The zero-order valence-electron chi connectivity index (χ0n) is 8.28. The predicted molar refractivity (Wildman–Crippen MR) is 57.7 cm³/mol. The van der Waals surface area contributed by atoms with Gasteiger partial charge in [-0.15, -0.1) is 0 Å². The van der Waals surface area contributed by atoms with Crippen LogP contribution in [0.15, 0.2) is 29.2 Å². The summed E-state index contributed by atoms with van der Waals surface area (Å²) in [5.41, 5.74) is 1.14. The van der Waals surface area contributed by atoms with Gasteiger partial charge >= 0.3 is 0 Å². The van der Waals surface area contributed by atoms with Gasteiger partial charge in [0.1, 0.15) is 0 Å². The second-order valence-electron chi connectivity index (χ2n) is 3.02. The second-order valence-corrected chi connectivity index (χ2v) is 4.76. The molecule has 2 nitrogen and oxygen atoms in total. The van der Waals surface area contributed by atoms with E-state index in [2.05, 4.69) is 0 Å². The fraction of sp³-hybridized carbons (Fsp3) is 0.400. The Morgan fingerprint density at radius 1 is 1.23 bits per heavy atom. The molecule has 1 rings (SSSR count). The Kier molecular flexibility index (Phi) is 3.48. The van der Waals surface area contributed by atoms with Gasteiger partial charge < -0.3 is 4.90 Å². The zero-order valence-corrected chi connectivity index (χ0v) is 9.10. The summed E-state index contributed by atoms with van der Waals surface area (Å²) in [5.74, 6) is 0.682. The maximum atomic E-state index is 11.4. The highest BCUT2D eigenvalue weighted by Gasteiger charge is 2.00. The standard InChI is InChI=1S/C10H15NOS/c1-4-13(12)10-7-5-9(6-8-10)11(2)3/h5-8H,4H2,1-3H3. The molecular formula is C10H15NOS. The van der Waals surface area contributed by atoms with Crippen molar-refractivity contribution in [2.75, 3.05) is 24.7 Å². The molecule has 0 N–H and O–H groups in total. The van der Waals surface area contributed by atoms with E-state index in [9.17, 15) is 4.21 Å². The van der Waals surface area contributed by atoms with Crippen LogP contribution in [0.25, 0.3) is 0 Å². The van der Waals surface area contributed by atoms with Crippen molar-refractivity contribution in [2.24, 2.45) is 0 Å². The van der Waals surface area contributed by atoms with E-state index >= 15 is 0 Å². The first-order valence-electron chi connectivity index (χ1n) is 4.31. The van der Waals surface area contributed by atoms with E-state index in [0.717, 1.165) is 10.6 Å². The summed E-state index contributed by atoms with van der Waals surface area (Å²) >= 11 is 0. The summed E-state index contributed by atoms with van der Waals surface area (Å²) in [5, 5.41) is 0. The molecule has 1 atom stereocenters. The molecular weight excluding hydrogens is 182 g/mol. The lowest BCUT2D eigenvalue weighted by molar-refractivity contribution is 0.684. The molecule has 3 heteroatoms. The minimum Gasteiger partial charge on any atom is -0.378 e. The van der Waals surface area contributed by atoms with Crippen LogP contribution >= 0.6 is 0 Å². The van der Waals surface area contributed by atoms with Crippen LogP contribution in [0.1, 0.15) is 6.92 Å². The molecule has 0 aliphatic carbocycles. The van der Waals surface area contributed by atoms with Gasteiger partial charge in [0.25, 0.3) is 0 Å². The molecule has 0 aromatic heterocycles. The van der Waals surface area contributed by atoms with Gasteiger partial charge in [-0.1, -0.05) is 6.92 Å². The van der Waals surface area contributed by atoms with Crippen LogP contribution in [0, 0.1) is 0 Å². The maximum Gasteiger partial charge on any atom is 0.0526 e. The second kappa shape index (κ2) is 4.42. The minimum atomic E-state index is -0.830. The first-order chi connectivity index (χ1) is 6.15. The van der Waals surface area contributed by atoms with Gasteiger partial charge in [0.05, 0.1) is 10.8 Å². The van der Waals surface area contributed by atoms with Gasteiger partial charge in [0, 0.05) is 30.4 Å². The van der Waals surface area contributed by atoms with Gasteiger partial charge in [-0.3, -0.25) is 4.21 Å². The van der Waals surface area contributed by atoms with E-state index in [0.29, 0.717) is 5.75 Å². The fourth-order valence-electron chi connectivity index (χ4n) is 1.06. The van der Waals surface area contributed by atoms with Crippen molar-refractivity contribution in [3.8, 4) is 0 Å². The van der Waals surface area contributed by atoms with Gasteiger partial charge in [0.15, 0.2) is 0 Å². The molecule has 0 spiro atoms. The van der Waals surface area contributed by atoms with Crippen LogP contribution in [0.3, 0.4) is 0 Å². The molecule has 72 valence electrons. The summed E-state index contributed by atoms with van der Waals surface area (Å²) < 4.78 is 11.4. The first kappa shape index (κ1) is 10.3. The Labute approximate surface area is 82.0 Å². The number of benzene rings is 1. The van der Waals surface area contributed by atoms with Crippen molar-refractivity contribution in [1.82, 2.24) is 0 Å². The van der Waals surface area contributed by atoms with Crippen LogP contribution in [0.5, 0.6) is 0 Å². The summed E-state index contributed by atoms with van der Waals surface area (Å²) in [4.78, 5) is 2.94. The number of anilines is 1. The summed E-state index contributed by atoms with van der Waals surface area (Å²) in [6.45, 7) is 1.93. The molecule has 0 saturated heterocycles. The number of hydrogen-bond acceptors (Lipinski definition) is 2. The quantitative estimate of drug-likeness (QED) is 0.737. The van der Waals surface area contributed by atoms with Crippen molar-refractivity contribution in [3.05, 3.63) is 24.3 Å². The zero-order chi connectivity index (χ0) is 9.84. The predicted octanol–water partition coefficient (Wildman–Crippen LogP) is 1.88. The lowest BCUT2D eigenvalue weighted by Gasteiger charge is -2.12. The molecule has 0 aliphatic rings. The molecule has 13 heavy (non-hydrogen) atoms. The maximum absolute atomic E-state index is 11.4. The SMILES string of the molecule is CCS(=O)c1ccc(N(C)C)cc1. The van der Waals surface area contributed by atoms with Gasteiger partial charge in [-0.2, -0.15) is 0 Å². The Bertz CT molecular complexity index is 292. The molecule has 0 amide bonds. The Balaban J connectivity index is 2.87. The Morgan fingerprint density at radius 2 is 1.77 bits per heavy atom. The Hall–Kier alpha value is -0.830. The van der Waals surface area contributed by atoms with E-state index < -0.39 is 10.8 Å². The van der Waals surface area contributed by atoms with Crippen molar-refractivity contribution in [3.63, 3.8) is 0 Å². The van der Waals surface area contributed by atoms with Gasteiger partial charge in [0.2, 0.25) is 0 Å². The van der Waals surface area contributed by atoms with Crippen molar-refractivity contribution >= 4 is 16.5 Å². The van der Waals surface area contributed by atoms with Crippen molar-refractivity contribution < 1.29 is 4.21 Å². The van der Waals surface area contributed by atoms with E-state index in [1.54, 1.807) is 0 Å². The van der Waals surface area contributed by atoms with E-state index in [1.807, 2.05) is 50.2 Å². The number of rotatable bonds is 3. The van der Waals surface area contributed by atoms with E-state index in [-0.39, 0.29) is 0 Å². The molecule has 0 saturated carbocycles. The molecule has 0 radical (unpaired) electrons. The smallest absolute Gasteiger partial charge is 0.0526 e. The number of nitrogens with zero attached hydrogens (tertiary/aromatic N) is 1. The van der Waals surface area contributed by atoms with Gasteiger partial charge in [-0.25, -0.2) is 0 Å². The first-order valence-corrected chi connectivity index (χ1v) is 5.62. The molecule has 0 aliphatic heterocycles. The number of hydrogen-bond donors (Lipinski definition) is 0. The van der Waals surface area contributed by atoms with Crippen LogP contribution in [0.4, 0.5) is 5.69 Å². The van der Waals surface area contributed by atoms with Crippen molar-refractivity contribution in [1.29, 1.82) is 0 Å². The minimum absolute atomic E-state index is 0.682. The Morgan fingerprint density at radius 3 is 2.15 bits per heavy atom. The topological polar surface area (TPSA) is 20.3 Å². The van der Waals surface area contributed by atoms with E-state index in [1.165, 1.54) is 0 Å². The van der Waals surface area contributed by atoms with Crippen LogP contribution in [0.2, 0.25) is 0 Å². The average molecular weight is 197 g/mol. The lowest BCUT2D eigenvalue weighted by atomic mass is 10.3. The third kappa shape index (κ3) is 2.56. The monoisotopic (exact) mass is 197 g/mol. The molecule has 1 aromatic rings. The molecule has 0 fully saturated rings. The third-order valence-corrected chi connectivity index (χ3v) is 3.20. The molecule has 0 heterocycles. The highest BCUT2D eigenvalue weighted by Crippen LogP contribution is 2.14. The van der Waals surface area contributed by atoms with Crippen LogP contribution in [-0.4, -0.2) is 24.1 Å². The van der Waals surface area contributed by atoms with Gasteiger partial charge in [-0.05, 0) is 24.3 Å². The molecule has 0 bridgehead atoms. The summed E-state index contributed by atoms with van der Waals surface area (Å²) in [6.07, 6.45) is 0.